The number of benzene rings is 3. The van der Waals surface area contributed by atoms with Crippen LogP contribution in [0.25, 0.3) is 11.0 Å². The molecule has 5 heterocycles. The number of aryl methyl sites for hydroxylation is 2. The molecule has 17 heteroatoms. The first-order valence-corrected chi connectivity index (χ1v) is 25.3. The quantitative estimate of drug-likeness (QED) is 0.0630. The molecule has 15 nitrogen and oxygen atoms in total. The van der Waals surface area contributed by atoms with Crippen LogP contribution in [0, 0.1) is 0 Å². The average Bonchev–Trinajstić information content (AvgIpc) is 3.28. The summed E-state index contributed by atoms with van der Waals surface area (Å²) in [6, 6.07) is 16.6. The van der Waals surface area contributed by atoms with E-state index in [4.69, 9.17) is 9.72 Å². The summed E-state index contributed by atoms with van der Waals surface area (Å²) in [5.41, 5.74) is 7.35. The molecule has 3 fully saturated rings. The number of halogens is 1. The molecule has 3 aromatic carbocycles. The Bertz CT molecular complexity index is 2490. The number of nitrogens with zero attached hydrogens (tertiary/aromatic N) is 7. The van der Waals surface area contributed by atoms with E-state index in [1.54, 1.807) is 39.0 Å². The number of ether oxygens (including phenoxy) is 1. The van der Waals surface area contributed by atoms with Gasteiger partial charge < -0.3 is 35.1 Å². The Morgan fingerprint density at radius 2 is 1.67 bits per heavy atom. The highest BCUT2D eigenvalue weighted by Gasteiger charge is 2.30. The lowest BCUT2D eigenvalue weighted by Gasteiger charge is -2.43. The van der Waals surface area contributed by atoms with Crippen molar-refractivity contribution in [2.45, 2.75) is 64.0 Å². The summed E-state index contributed by atoms with van der Waals surface area (Å²) < 4.78 is 20.1. The molecule has 332 valence electrons. The second-order valence-corrected chi connectivity index (χ2v) is 21.0. The number of carbonyl (C=O) groups excluding carboxylic acids is 2. The minimum Gasteiger partial charge on any atom is -0.494 e. The van der Waals surface area contributed by atoms with Gasteiger partial charge in [0.25, 0.3) is 0 Å². The Balaban J connectivity index is 0.830. The van der Waals surface area contributed by atoms with Crippen molar-refractivity contribution in [2.75, 3.05) is 87.1 Å². The molecular formula is C46H57BrN11O4P. The highest BCUT2D eigenvalue weighted by molar-refractivity contribution is 9.10. The summed E-state index contributed by atoms with van der Waals surface area (Å²) in [7, 11) is -1.07. The van der Waals surface area contributed by atoms with Crippen LogP contribution in [0.4, 0.5) is 34.5 Å². The number of hydrogen-bond acceptors (Lipinski definition) is 14. The zero-order valence-corrected chi connectivity index (χ0v) is 39.0. The first kappa shape index (κ1) is 44.5. The number of anilines is 6. The highest BCUT2D eigenvalue weighted by Crippen LogP contribution is 2.42. The van der Waals surface area contributed by atoms with Crippen LogP contribution in [-0.4, -0.2) is 120 Å². The second kappa shape index (κ2) is 19.7. The lowest BCUT2D eigenvalue weighted by atomic mass is 9.99. The highest BCUT2D eigenvalue weighted by atomic mass is 79.9. The number of amides is 2. The lowest BCUT2D eigenvalue weighted by molar-refractivity contribution is -0.133. The van der Waals surface area contributed by atoms with Crippen LogP contribution in [0.2, 0.25) is 0 Å². The Kier molecular flexibility index (Phi) is 13.9. The van der Waals surface area contributed by atoms with Gasteiger partial charge in [0.15, 0.2) is 0 Å². The Morgan fingerprint density at radius 3 is 2.38 bits per heavy atom. The van der Waals surface area contributed by atoms with Crippen molar-refractivity contribution in [3.8, 4) is 5.75 Å². The Morgan fingerprint density at radius 1 is 0.905 bits per heavy atom. The topological polar surface area (TPSA) is 170 Å². The molecule has 0 radical (unpaired) electrons. The normalized spacial score (nSPS) is 18.0. The fourth-order valence-corrected chi connectivity index (χ4v) is 10.7. The SMILES string of the molecule is CCc1cc(Nc2ncc(Br)c(Nc3ccc4nccnc4c3P(C)(C)=O)n2)c(OC)cc1N1CCC(N2CCN(CCCc3ccc(NC4CCC(=O)NC4=O)cc3)CC2)CC1. The number of methoxy groups -OCH3 is 1. The summed E-state index contributed by atoms with van der Waals surface area (Å²) in [6.45, 7) is 13.1. The van der Waals surface area contributed by atoms with E-state index in [-0.39, 0.29) is 17.9 Å². The minimum absolute atomic E-state index is 0.199. The monoisotopic (exact) mass is 937 g/mol. The molecule has 3 aliphatic heterocycles. The Hall–Kier alpha value is -5.15. The van der Waals surface area contributed by atoms with Gasteiger partial charge in [0.05, 0.1) is 33.8 Å². The molecule has 63 heavy (non-hydrogen) atoms. The van der Waals surface area contributed by atoms with Crippen LogP contribution in [0.3, 0.4) is 0 Å². The van der Waals surface area contributed by atoms with Crippen molar-refractivity contribution in [1.29, 1.82) is 0 Å². The summed E-state index contributed by atoms with van der Waals surface area (Å²) in [6.07, 6.45) is 11.1. The zero-order chi connectivity index (χ0) is 44.1. The molecule has 2 aromatic heterocycles. The van der Waals surface area contributed by atoms with Crippen LogP contribution in [0.15, 0.2) is 71.6 Å². The van der Waals surface area contributed by atoms with E-state index in [1.807, 2.05) is 24.3 Å². The summed E-state index contributed by atoms with van der Waals surface area (Å²) in [4.78, 5) is 49.7. The number of piperidine rings is 2. The van der Waals surface area contributed by atoms with Gasteiger partial charge in [-0.3, -0.25) is 29.8 Å². The van der Waals surface area contributed by atoms with Crippen LogP contribution >= 0.6 is 23.1 Å². The van der Waals surface area contributed by atoms with Crippen molar-refractivity contribution in [3.63, 3.8) is 0 Å². The average molecular weight is 939 g/mol. The summed E-state index contributed by atoms with van der Waals surface area (Å²) in [5.74, 6) is 1.17. The van der Waals surface area contributed by atoms with Crippen LogP contribution in [0.1, 0.15) is 50.2 Å². The number of fused-ring (bicyclic) bond motifs is 1. The number of piperazine rings is 1. The van der Waals surface area contributed by atoms with Crippen LogP contribution in [-0.2, 0) is 27.0 Å². The van der Waals surface area contributed by atoms with Crippen molar-refractivity contribution in [3.05, 3.63) is 82.7 Å². The molecule has 3 aliphatic rings. The van der Waals surface area contributed by atoms with E-state index in [9.17, 15) is 14.2 Å². The van der Waals surface area contributed by atoms with Gasteiger partial charge in [-0.05, 0) is 116 Å². The van der Waals surface area contributed by atoms with E-state index in [0.29, 0.717) is 62.9 Å². The number of rotatable bonds is 15. The zero-order valence-electron chi connectivity index (χ0n) is 36.5. The first-order valence-electron chi connectivity index (χ1n) is 21.9. The molecule has 8 rings (SSSR count). The largest absolute Gasteiger partial charge is 0.494 e. The first-order chi connectivity index (χ1) is 30.4. The third-order valence-electron chi connectivity index (χ3n) is 12.4. The maximum absolute atomic E-state index is 13.5. The van der Waals surface area contributed by atoms with E-state index < -0.39 is 7.14 Å². The maximum atomic E-state index is 13.5. The molecule has 1 atom stereocenters. The third kappa shape index (κ3) is 10.6. The standard InChI is InChI=1S/C46H57BrN11O4P/c1-5-31-27-38(53-46-50-29-34(47)44(55-46)52-36-13-12-35-42(49-19-18-48-35)43(36)63(3,4)61)40(62-2)28-39(31)58-21-16-33(17-22-58)57-25-23-56(24-26-57)20-6-7-30-8-10-32(11-9-30)51-37-14-15-41(59)54-45(37)60/h8-13,18-19,27-29,33,37,51H,5-7,14-17,20-26H2,1-4H3,(H,54,59,60)(H2,50,52,53,55). The predicted molar refractivity (Wildman–Crippen MR) is 255 cm³/mol. The predicted octanol–water partition coefficient (Wildman–Crippen LogP) is 6.92. The second-order valence-electron chi connectivity index (χ2n) is 17.0. The number of imide groups is 1. The number of nitrogens with one attached hydrogen (secondary N) is 4. The van der Waals surface area contributed by atoms with E-state index >= 15 is 0 Å². The Labute approximate surface area is 377 Å². The van der Waals surface area contributed by atoms with Gasteiger partial charge in [-0.2, -0.15) is 4.98 Å². The third-order valence-corrected chi connectivity index (χ3v) is 14.5. The molecule has 2 amide bonds. The number of aromatic nitrogens is 4. The molecule has 3 saturated heterocycles. The van der Waals surface area contributed by atoms with Gasteiger partial charge in [-0.25, -0.2) is 4.98 Å². The molecular weight excluding hydrogens is 881 g/mol. The fraction of sp³-hybridized carbons (Fsp3) is 0.435. The van der Waals surface area contributed by atoms with Crippen LogP contribution < -0.4 is 36.2 Å². The number of hydrogen-bond donors (Lipinski definition) is 4. The van der Waals surface area contributed by atoms with Gasteiger partial charge in [-0.15, -0.1) is 0 Å². The number of carbonyl (C=O) groups is 2. The molecule has 5 aromatic rings. The smallest absolute Gasteiger partial charge is 0.249 e. The van der Waals surface area contributed by atoms with Crippen molar-refractivity contribution >= 4 is 85.7 Å². The maximum Gasteiger partial charge on any atom is 0.249 e. The van der Waals surface area contributed by atoms with Crippen molar-refractivity contribution in [1.82, 2.24) is 35.1 Å². The summed E-state index contributed by atoms with van der Waals surface area (Å²) in [5, 5.41) is 13.1. The van der Waals surface area contributed by atoms with Crippen LogP contribution in [0.5, 0.6) is 5.75 Å². The van der Waals surface area contributed by atoms with Gasteiger partial charge in [-0.1, -0.05) is 19.1 Å². The fourth-order valence-electron chi connectivity index (χ4n) is 9.02. The molecule has 1 unspecified atom stereocenters. The van der Waals surface area contributed by atoms with Crippen molar-refractivity contribution < 1.29 is 18.9 Å². The van der Waals surface area contributed by atoms with Gasteiger partial charge in [0.2, 0.25) is 17.8 Å². The molecule has 0 bridgehead atoms. The van der Waals surface area contributed by atoms with Gasteiger partial charge in [0.1, 0.15) is 30.3 Å². The van der Waals surface area contributed by atoms with E-state index in [1.165, 1.54) is 16.8 Å². The molecule has 0 spiro atoms. The minimum atomic E-state index is -2.77. The van der Waals surface area contributed by atoms with Gasteiger partial charge in [0, 0.05) is 87.8 Å². The molecule has 4 N–H and O–H groups in total. The van der Waals surface area contributed by atoms with E-state index in [2.05, 4.69) is 98.0 Å². The molecule has 0 saturated carbocycles. The molecule has 0 aliphatic carbocycles. The van der Waals surface area contributed by atoms with Crippen molar-refractivity contribution in [2.24, 2.45) is 0 Å². The van der Waals surface area contributed by atoms with E-state index in [0.717, 1.165) is 89.3 Å². The lowest BCUT2D eigenvalue weighted by Crippen LogP contribution is -2.53. The van der Waals surface area contributed by atoms with Gasteiger partial charge >= 0.3 is 0 Å². The summed E-state index contributed by atoms with van der Waals surface area (Å²) >= 11 is 3.60.